The van der Waals surface area contributed by atoms with E-state index in [1.807, 2.05) is 0 Å². The van der Waals surface area contributed by atoms with Crippen LogP contribution in [0.2, 0.25) is 5.02 Å². The third-order valence-corrected chi connectivity index (χ3v) is 2.63. The zero-order chi connectivity index (χ0) is 9.84. The van der Waals surface area contributed by atoms with E-state index in [1.165, 1.54) is 0 Å². The SMILES string of the molecule is COCc1c(Cl)cc(C=O)cc1Br. The Labute approximate surface area is 90.0 Å². The van der Waals surface area contributed by atoms with Gasteiger partial charge < -0.3 is 4.74 Å². The van der Waals surface area contributed by atoms with Crippen LogP contribution in [0, 0.1) is 0 Å². The molecule has 0 spiro atoms. The second-order valence-electron chi connectivity index (χ2n) is 2.51. The third-order valence-electron chi connectivity index (χ3n) is 1.59. The smallest absolute Gasteiger partial charge is 0.150 e. The standard InChI is InChI=1S/C9H8BrClO2/c1-13-5-7-8(10)2-6(4-12)3-9(7)11/h2-4H,5H2,1H3. The van der Waals surface area contributed by atoms with E-state index in [-0.39, 0.29) is 0 Å². The van der Waals surface area contributed by atoms with Gasteiger partial charge in [-0.3, -0.25) is 4.79 Å². The summed E-state index contributed by atoms with van der Waals surface area (Å²) in [5.74, 6) is 0. The molecule has 1 aromatic carbocycles. The average Bonchev–Trinajstić information content (AvgIpc) is 2.11. The molecular formula is C9H8BrClO2. The van der Waals surface area contributed by atoms with Crippen LogP contribution in [-0.2, 0) is 11.3 Å². The molecule has 0 heterocycles. The number of aldehydes is 1. The van der Waals surface area contributed by atoms with Gasteiger partial charge in [0.15, 0.2) is 0 Å². The summed E-state index contributed by atoms with van der Waals surface area (Å²) in [5.41, 5.74) is 1.41. The van der Waals surface area contributed by atoms with Gasteiger partial charge in [-0.05, 0) is 12.1 Å². The number of halogens is 2. The van der Waals surface area contributed by atoms with Crippen LogP contribution in [0.25, 0.3) is 0 Å². The quantitative estimate of drug-likeness (QED) is 0.784. The fourth-order valence-corrected chi connectivity index (χ4v) is 1.96. The molecule has 0 N–H and O–H groups in total. The Hall–Kier alpha value is -0.380. The minimum absolute atomic E-state index is 0.429. The second kappa shape index (κ2) is 4.74. The summed E-state index contributed by atoms with van der Waals surface area (Å²) in [6, 6.07) is 3.33. The van der Waals surface area contributed by atoms with E-state index in [4.69, 9.17) is 16.3 Å². The molecule has 1 rings (SSSR count). The molecule has 0 atom stereocenters. The van der Waals surface area contributed by atoms with E-state index in [1.54, 1.807) is 19.2 Å². The Morgan fingerprint density at radius 1 is 1.62 bits per heavy atom. The lowest BCUT2D eigenvalue weighted by molar-refractivity contribution is 0.112. The first-order valence-corrected chi connectivity index (χ1v) is 4.78. The highest BCUT2D eigenvalue weighted by Crippen LogP contribution is 2.26. The maximum Gasteiger partial charge on any atom is 0.150 e. The highest BCUT2D eigenvalue weighted by Gasteiger charge is 2.06. The van der Waals surface area contributed by atoms with Crippen molar-refractivity contribution < 1.29 is 9.53 Å². The van der Waals surface area contributed by atoms with Gasteiger partial charge in [0.05, 0.1) is 6.61 Å². The predicted octanol–water partition coefficient (Wildman–Crippen LogP) is 3.06. The number of hydrogen-bond acceptors (Lipinski definition) is 2. The molecule has 2 nitrogen and oxygen atoms in total. The van der Waals surface area contributed by atoms with Crippen molar-refractivity contribution in [3.05, 3.63) is 32.8 Å². The lowest BCUT2D eigenvalue weighted by Crippen LogP contribution is -1.92. The molecule has 0 saturated carbocycles. The van der Waals surface area contributed by atoms with Gasteiger partial charge in [-0.2, -0.15) is 0 Å². The fraction of sp³-hybridized carbons (Fsp3) is 0.222. The van der Waals surface area contributed by atoms with Crippen LogP contribution >= 0.6 is 27.5 Å². The van der Waals surface area contributed by atoms with Crippen molar-refractivity contribution in [2.75, 3.05) is 7.11 Å². The van der Waals surface area contributed by atoms with E-state index in [9.17, 15) is 4.79 Å². The van der Waals surface area contributed by atoms with Crippen LogP contribution in [0.1, 0.15) is 15.9 Å². The van der Waals surface area contributed by atoms with Crippen LogP contribution < -0.4 is 0 Å². The van der Waals surface area contributed by atoms with E-state index in [0.717, 1.165) is 16.3 Å². The molecule has 13 heavy (non-hydrogen) atoms. The van der Waals surface area contributed by atoms with E-state index in [2.05, 4.69) is 15.9 Å². The summed E-state index contributed by atoms with van der Waals surface area (Å²) in [6.45, 7) is 0.429. The molecule has 1 aromatic rings. The average molecular weight is 264 g/mol. The van der Waals surface area contributed by atoms with Crippen LogP contribution in [0.4, 0.5) is 0 Å². The number of carbonyl (C=O) groups excluding carboxylic acids is 1. The molecule has 0 unspecified atom stereocenters. The molecule has 0 fully saturated rings. The zero-order valence-corrected chi connectivity index (χ0v) is 9.35. The number of rotatable bonds is 3. The van der Waals surface area contributed by atoms with Crippen molar-refractivity contribution in [3.8, 4) is 0 Å². The first-order valence-electron chi connectivity index (χ1n) is 3.61. The number of hydrogen-bond donors (Lipinski definition) is 0. The van der Waals surface area contributed by atoms with Gasteiger partial charge in [-0.15, -0.1) is 0 Å². The topological polar surface area (TPSA) is 26.3 Å². The number of carbonyl (C=O) groups is 1. The summed E-state index contributed by atoms with van der Waals surface area (Å²) in [7, 11) is 1.59. The number of ether oxygens (including phenoxy) is 1. The van der Waals surface area contributed by atoms with Crippen LogP contribution in [0.3, 0.4) is 0 Å². The lowest BCUT2D eigenvalue weighted by Gasteiger charge is -2.06. The van der Waals surface area contributed by atoms with Gasteiger partial charge >= 0.3 is 0 Å². The molecule has 0 saturated heterocycles. The van der Waals surface area contributed by atoms with Crippen LogP contribution in [0.5, 0.6) is 0 Å². The highest BCUT2D eigenvalue weighted by molar-refractivity contribution is 9.10. The summed E-state index contributed by atoms with van der Waals surface area (Å²) in [4.78, 5) is 10.5. The maximum absolute atomic E-state index is 10.5. The Kier molecular flexibility index (Phi) is 3.90. The van der Waals surface area contributed by atoms with E-state index < -0.39 is 0 Å². The van der Waals surface area contributed by atoms with Crippen molar-refractivity contribution in [1.29, 1.82) is 0 Å². The van der Waals surface area contributed by atoms with Gasteiger partial charge in [0.2, 0.25) is 0 Å². The molecule has 70 valence electrons. The van der Waals surface area contributed by atoms with Crippen molar-refractivity contribution >= 4 is 33.8 Å². The Morgan fingerprint density at radius 3 is 2.77 bits per heavy atom. The fourth-order valence-electron chi connectivity index (χ4n) is 0.973. The first kappa shape index (κ1) is 10.7. The molecule has 0 aliphatic carbocycles. The first-order chi connectivity index (χ1) is 6.19. The number of methoxy groups -OCH3 is 1. The zero-order valence-electron chi connectivity index (χ0n) is 7.01. The molecule has 0 radical (unpaired) electrons. The van der Waals surface area contributed by atoms with E-state index in [0.29, 0.717) is 17.2 Å². The van der Waals surface area contributed by atoms with Crippen molar-refractivity contribution in [2.45, 2.75) is 6.61 Å². The Morgan fingerprint density at radius 2 is 2.31 bits per heavy atom. The van der Waals surface area contributed by atoms with Crippen molar-refractivity contribution in [2.24, 2.45) is 0 Å². The molecule has 4 heteroatoms. The Balaban J connectivity index is 3.14. The van der Waals surface area contributed by atoms with Crippen molar-refractivity contribution in [3.63, 3.8) is 0 Å². The molecule has 0 bridgehead atoms. The summed E-state index contributed by atoms with van der Waals surface area (Å²) >= 11 is 9.24. The van der Waals surface area contributed by atoms with Gasteiger partial charge in [0.1, 0.15) is 6.29 Å². The molecular weight excluding hydrogens is 255 g/mol. The maximum atomic E-state index is 10.5. The Bertz CT molecular complexity index is 302. The highest BCUT2D eigenvalue weighted by atomic mass is 79.9. The van der Waals surface area contributed by atoms with Gasteiger partial charge in [0.25, 0.3) is 0 Å². The summed E-state index contributed by atoms with van der Waals surface area (Å²) in [5, 5.41) is 0.540. The predicted molar refractivity (Wildman–Crippen MR) is 55.3 cm³/mol. The lowest BCUT2D eigenvalue weighted by atomic mass is 10.1. The normalized spacial score (nSPS) is 10.1. The molecule has 0 aromatic heterocycles. The van der Waals surface area contributed by atoms with Gasteiger partial charge in [-0.1, -0.05) is 27.5 Å². The molecule has 0 amide bonds. The summed E-state index contributed by atoms with van der Waals surface area (Å²) < 4.78 is 5.76. The summed E-state index contributed by atoms with van der Waals surface area (Å²) in [6.07, 6.45) is 0.757. The van der Waals surface area contributed by atoms with Gasteiger partial charge in [0, 0.05) is 27.7 Å². The monoisotopic (exact) mass is 262 g/mol. The minimum Gasteiger partial charge on any atom is -0.380 e. The molecule has 0 aliphatic rings. The second-order valence-corrected chi connectivity index (χ2v) is 3.78. The minimum atomic E-state index is 0.429. The van der Waals surface area contributed by atoms with Gasteiger partial charge in [-0.25, -0.2) is 0 Å². The largest absolute Gasteiger partial charge is 0.380 e. The van der Waals surface area contributed by atoms with E-state index >= 15 is 0 Å². The van der Waals surface area contributed by atoms with Crippen molar-refractivity contribution in [1.82, 2.24) is 0 Å². The third kappa shape index (κ3) is 2.53. The number of benzene rings is 1. The molecule has 0 aliphatic heterocycles. The van der Waals surface area contributed by atoms with Crippen LogP contribution in [0.15, 0.2) is 16.6 Å². The van der Waals surface area contributed by atoms with Crippen LogP contribution in [-0.4, -0.2) is 13.4 Å².